The van der Waals surface area contributed by atoms with Gasteiger partial charge in [0, 0.05) is 23.7 Å². The second kappa shape index (κ2) is 10.7. The number of carbonyl (C=O) groups is 3. The number of rotatable bonds is 6. The lowest BCUT2D eigenvalue weighted by Crippen LogP contribution is -2.81. The van der Waals surface area contributed by atoms with Crippen LogP contribution in [0, 0.1) is 22.7 Å². The van der Waals surface area contributed by atoms with Crippen molar-refractivity contribution in [2.24, 2.45) is 22.7 Å². The van der Waals surface area contributed by atoms with Crippen LogP contribution in [0.2, 0.25) is 0 Å². The van der Waals surface area contributed by atoms with E-state index in [1.165, 1.54) is 0 Å². The molecular formula is C36H48O9. The molecule has 246 valence electrons. The van der Waals surface area contributed by atoms with Gasteiger partial charge in [0.1, 0.15) is 23.9 Å². The average Bonchev–Trinajstić information content (AvgIpc) is 3.29. The van der Waals surface area contributed by atoms with Crippen LogP contribution in [0.25, 0.3) is 0 Å². The number of allylic oxidation sites excluding steroid dienone is 1. The molecule has 1 N–H and O–H groups in total. The van der Waals surface area contributed by atoms with Gasteiger partial charge in [-0.15, -0.1) is 0 Å². The summed E-state index contributed by atoms with van der Waals surface area (Å²) in [6.45, 7) is 15.5. The zero-order valence-corrected chi connectivity index (χ0v) is 27.8. The number of esters is 2. The molecule has 1 aromatic rings. The van der Waals surface area contributed by atoms with Gasteiger partial charge in [-0.3, -0.25) is 9.59 Å². The summed E-state index contributed by atoms with van der Waals surface area (Å²) in [7, 11) is 0. The summed E-state index contributed by atoms with van der Waals surface area (Å²) in [6.07, 6.45) is -1.15. The third-order valence-corrected chi connectivity index (χ3v) is 11.9. The molecule has 5 aliphatic rings. The number of ether oxygens (including phenoxy) is 5. The summed E-state index contributed by atoms with van der Waals surface area (Å²) in [4.78, 5) is 41.4. The minimum atomic E-state index is -1.88. The predicted octanol–water partition coefficient (Wildman–Crippen LogP) is 5.33. The first kappa shape index (κ1) is 32.4. The lowest BCUT2D eigenvalue weighted by Gasteiger charge is -2.69. The molecule has 9 heteroatoms. The molecule has 2 saturated heterocycles. The summed E-state index contributed by atoms with van der Waals surface area (Å²) in [5.41, 5.74) is -3.54. The second-order valence-corrected chi connectivity index (χ2v) is 15.0. The maximum atomic E-state index is 14.0. The maximum Gasteiger partial charge on any atom is 0.338 e. The van der Waals surface area contributed by atoms with Crippen molar-refractivity contribution in [3.8, 4) is 0 Å². The van der Waals surface area contributed by atoms with Crippen LogP contribution in [0.1, 0.15) is 97.9 Å². The largest absolute Gasteiger partial charge is 0.455 e. The molecule has 6 rings (SSSR count). The lowest BCUT2D eigenvalue weighted by molar-refractivity contribution is -0.356. The summed E-state index contributed by atoms with van der Waals surface area (Å²) in [6, 6.07) is 8.63. The van der Waals surface area contributed by atoms with E-state index in [4.69, 9.17) is 23.7 Å². The summed E-state index contributed by atoms with van der Waals surface area (Å²) < 4.78 is 32.8. The van der Waals surface area contributed by atoms with Crippen LogP contribution in [-0.4, -0.2) is 70.8 Å². The van der Waals surface area contributed by atoms with E-state index in [1.807, 2.05) is 40.7 Å². The first-order chi connectivity index (χ1) is 21.1. The van der Waals surface area contributed by atoms with Crippen LogP contribution >= 0.6 is 0 Å². The van der Waals surface area contributed by atoms with Crippen molar-refractivity contribution in [3.05, 3.63) is 47.0 Å². The number of aliphatic hydroxyl groups is 1. The van der Waals surface area contributed by atoms with Crippen molar-refractivity contribution in [2.75, 3.05) is 6.61 Å². The fraction of sp³-hybridized carbons (Fsp3) is 0.694. The molecule has 0 radical (unpaired) electrons. The van der Waals surface area contributed by atoms with Gasteiger partial charge in [-0.05, 0) is 62.8 Å². The third kappa shape index (κ3) is 4.51. The van der Waals surface area contributed by atoms with E-state index in [-0.39, 0.29) is 37.1 Å². The smallest absolute Gasteiger partial charge is 0.338 e. The normalized spacial score (nSPS) is 41.0. The first-order valence-corrected chi connectivity index (χ1v) is 16.5. The standard InChI is InChI=1S/C36H48O9/c1-9-14-25(38)43-35-19-41-24(35)17-22(10-2)34(8)28(35)30(42-31(39)21-15-12-11-13-16-21)36(40)18-23(37)20(3)26(32(36,4)5)27-29(34)45-33(6,7)44-27/h11-13,15-16,22,24,27-30,40H,9-10,14,17-19H2,1-8H3/t22-,24+,27+,28-,29+,30-,34+,35-,36+/m0/s1. The molecule has 4 fully saturated rings. The van der Waals surface area contributed by atoms with Crippen LogP contribution in [0.5, 0.6) is 0 Å². The van der Waals surface area contributed by atoms with Crippen molar-refractivity contribution in [1.29, 1.82) is 0 Å². The van der Waals surface area contributed by atoms with E-state index < -0.39 is 64.1 Å². The van der Waals surface area contributed by atoms with Gasteiger partial charge in [-0.1, -0.05) is 59.2 Å². The van der Waals surface area contributed by atoms with Gasteiger partial charge in [-0.25, -0.2) is 4.79 Å². The van der Waals surface area contributed by atoms with Crippen LogP contribution in [0.15, 0.2) is 41.5 Å². The molecule has 0 spiro atoms. The van der Waals surface area contributed by atoms with Gasteiger partial charge < -0.3 is 28.8 Å². The van der Waals surface area contributed by atoms with Gasteiger partial charge in [0.2, 0.25) is 0 Å². The highest BCUT2D eigenvalue weighted by molar-refractivity contribution is 5.98. The number of ketones is 1. The number of hydrogen-bond donors (Lipinski definition) is 1. The van der Waals surface area contributed by atoms with Crippen LogP contribution in [0.4, 0.5) is 0 Å². The monoisotopic (exact) mass is 624 g/mol. The van der Waals surface area contributed by atoms with Gasteiger partial charge in [0.25, 0.3) is 0 Å². The van der Waals surface area contributed by atoms with Crippen molar-refractivity contribution >= 4 is 17.7 Å². The average molecular weight is 625 g/mol. The number of fused-ring (bicyclic) bond motifs is 8. The fourth-order valence-electron chi connectivity index (χ4n) is 9.54. The Hall–Kier alpha value is -2.59. The third-order valence-electron chi connectivity index (χ3n) is 11.9. The van der Waals surface area contributed by atoms with E-state index in [0.29, 0.717) is 29.6 Å². The molecular weight excluding hydrogens is 576 g/mol. The Labute approximate surface area is 266 Å². The van der Waals surface area contributed by atoms with Crippen LogP contribution in [0.3, 0.4) is 0 Å². The zero-order valence-electron chi connectivity index (χ0n) is 27.8. The minimum Gasteiger partial charge on any atom is -0.455 e. The molecule has 0 amide bonds. The summed E-state index contributed by atoms with van der Waals surface area (Å²) >= 11 is 0. The Morgan fingerprint density at radius 1 is 1.04 bits per heavy atom. The highest BCUT2D eigenvalue weighted by atomic mass is 16.8. The molecule has 45 heavy (non-hydrogen) atoms. The molecule has 0 unspecified atom stereocenters. The number of benzene rings is 1. The van der Waals surface area contributed by atoms with Crippen molar-refractivity contribution < 1.29 is 43.2 Å². The minimum absolute atomic E-state index is 0.0455. The lowest BCUT2D eigenvalue weighted by atomic mass is 9.42. The predicted molar refractivity (Wildman–Crippen MR) is 164 cm³/mol. The van der Waals surface area contributed by atoms with E-state index in [9.17, 15) is 19.5 Å². The van der Waals surface area contributed by atoms with Gasteiger partial charge in [0.15, 0.2) is 17.2 Å². The Morgan fingerprint density at radius 3 is 2.33 bits per heavy atom. The van der Waals surface area contributed by atoms with Gasteiger partial charge >= 0.3 is 11.9 Å². The van der Waals surface area contributed by atoms with E-state index in [0.717, 1.165) is 6.42 Å². The summed E-state index contributed by atoms with van der Waals surface area (Å²) in [5.74, 6) is -3.10. The van der Waals surface area contributed by atoms with Crippen molar-refractivity contribution in [2.45, 2.75) is 129 Å². The van der Waals surface area contributed by atoms with Crippen molar-refractivity contribution in [1.82, 2.24) is 0 Å². The topological polar surface area (TPSA) is 118 Å². The maximum absolute atomic E-state index is 14.0. The molecule has 1 aromatic carbocycles. The quantitative estimate of drug-likeness (QED) is 0.420. The Kier molecular flexibility index (Phi) is 7.71. The van der Waals surface area contributed by atoms with E-state index in [1.54, 1.807) is 31.2 Å². The van der Waals surface area contributed by atoms with E-state index >= 15 is 0 Å². The number of carbonyl (C=O) groups excluding carboxylic acids is 3. The number of Topliss-reactive ketones (excluding diaryl/α,β-unsaturated/α-hetero) is 1. The molecule has 9 nitrogen and oxygen atoms in total. The highest BCUT2D eigenvalue weighted by Gasteiger charge is 2.79. The second-order valence-electron chi connectivity index (χ2n) is 15.0. The number of hydrogen-bond acceptors (Lipinski definition) is 9. The Bertz CT molecular complexity index is 1410. The molecule has 9 atom stereocenters. The molecule has 2 saturated carbocycles. The van der Waals surface area contributed by atoms with Gasteiger partial charge in [0.05, 0.1) is 24.2 Å². The highest BCUT2D eigenvalue weighted by Crippen LogP contribution is 2.68. The van der Waals surface area contributed by atoms with Crippen LogP contribution < -0.4 is 0 Å². The van der Waals surface area contributed by atoms with E-state index in [2.05, 4.69) is 13.8 Å². The zero-order chi connectivity index (χ0) is 32.7. The fourth-order valence-corrected chi connectivity index (χ4v) is 9.54. The molecule has 3 aliphatic carbocycles. The first-order valence-electron chi connectivity index (χ1n) is 16.5. The molecule has 0 aromatic heterocycles. The Morgan fingerprint density at radius 2 is 1.73 bits per heavy atom. The van der Waals surface area contributed by atoms with Gasteiger partial charge in [-0.2, -0.15) is 0 Å². The molecule has 2 bridgehead atoms. The SMILES string of the molecule is CCCC(=O)O[C@@]12CO[C@@H]1C[C@H](CC)[C@@]1(C)[C@@H]3OC(C)(C)O[C@@H]3C3=C(C)C(=O)C[C@@](O)([C@@H](OC(=O)c4ccccc4)[C@H]21)C3(C)C. The molecule has 2 aliphatic heterocycles. The summed E-state index contributed by atoms with van der Waals surface area (Å²) in [5, 5.41) is 13.2. The Balaban J connectivity index is 1.66. The van der Waals surface area contributed by atoms with Crippen molar-refractivity contribution in [3.63, 3.8) is 0 Å². The molecule has 2 heterocycles. The van der Waals surface area contributed by atoms with Crippen LogP contribution in [-0.2, 0) is 33.3 Å².